The van der Waals surface area contributed by atoms with Gasteiger partial charge in [-0.15, -0.1) is 0 Å². The molecular weight excluding hydrogens is 412 g/mol. The van der Waals surface area contributed by atoms with Crippen LogP contribution in [0.3, 0.4) is 0 Å². The first-order valence-electron chi connectivity index (χ1n) is 11.9. The third-order valence-electron chi connectivity index (χ3n) is 7.12. The SMILES string of the molecule is CC1(C)COC(C)(C)N1C(=O)OC[C@H]1CCCC[C@H]1COC(=O)N1C(C)(C)COC1(C)C. The van der Waals surface area contributed by atoms with Gasteiger partial charge in [-0.3, -0.25) is 9.80 Å². The zero-order valence-electron chi connectivity index (χ0n) is 21.2. The minimum absolute atomic E-state index is 0.172. The molecule has 0 aromatic heterocycles. The van der Waals surface area contributed by atoms with E-state index in [1.807, 2.05) is 55.4 Å². The highest BCUT2D eigenvalue weighted by molar-refractivity contribution is 5.70. The predicted octanol–water partition coefficient (Wildman–Crippen LogP) is 4.76. The number of carbonyl (C=O) groups excluding carboxylic acids is 2. The molecule has 0 aromatic rings. The topological polar surface area (TPSA) is 77.5 Å². The Kier molecular flexibility index (Phi) is 6.80. The van der Waals surface area contributed by atoms with Gasteiger partial charge in [-0.1, -0.05) is 12.8 Å². The lowest BCUT2D eigenvalue weighted by atomic mass is 9.80. The van der Waals surface area contributed by atoms with Crippen molar-refractivity contribution in [2.45, 2.75) is 104 Å². The fourth-order valence-electron chi connectivity index (χ4n) is 5.57. The van der Waals surface area contributed by atoms with Crippen molar-refractivity contribution in [3.8, 4) is 0 Å². The molecule has 0 unspecified atom stereocenters. The van der Waals surface area contributed by atoms with Gasteiger partial charge in [0.15, 0.2) is 0 Å². The molecule has 2 heterocycles. The van der Waals surface area contributed by atoms with Gasteiger partial charge in [-0.2, -0.15) is 0 Å². The van der Waals surface area contributed by atoms with Gasteiger partial charge < -0.3 is 18.9 Å². The van der Waals surface area contributed by atoms with E-state index in [1.165, 1.54) is 0 Å². The number of nitrogens with zero attached hydrogens (tertiary/aromatic N) is 2. The molecule has 0 radical (unpaired) electrons. The Morgan fingerprint density at radius 2 is 1.06 bits per heavy atom. The van der Waals surface area contributed by atoms with Gasteiger partial charge >= 0.3 is 12.2 Å². The molecular formula is C24H42N2O6. The Bertz CT molecular complexity index is 625. The Hall–Kier alpha value is -1.54. The third kappa shape index (κ3) is 5.01. The van der Waals surface area contributed by atoms with E-state index in [0.717, 1.165) is 25.7 Å². The lowest BCUT2D eigenvalue weighted by molar-refractivity contribution is -0.0619. The summed E-state index contributed by atoms with van der Waals surface area (Å²) in [7, 11) is 0. The number of rotatable bonds is 4. The van der Waals surface area contributed by atoms with Crippen molar-refractivity contribution in [2.24, 2.45) is 11.8 Å². The maximum Gasteiger partial charge on any atom is 0.412 e. The molecule has 184 valence electrons. The van der Waals surface area contributed by atoms with E-state index in [-0.39, 0.29) is 24.0 Å². The molecule has 0 bridgehead atoms. The highest BCUT2D eigenvalue weighted by atomic mass is 16.6. The van der Waals surface area contributed by atoms with Gasteiger partial charge in [0.1, 0.15) is 11.4 Å². The van der Waals surface area contributed by atoms with Crippen LogP contribution in [0.5, 0.6) is 0 Å². The second-order valence-electron chi connectivity index (χ2n) is 11.7. The van der Waals surface area contributed by atoms with Crippen LogP contribution in [0, 0.1) is 11.8 Å². The van der Waals surface area contributed by atoms with E-state index in [2.05, 4.69) is 0 Å². The van der Waals surface area contributed by atoms with Crippen LogP contribution >= 0.6 is 0 Å². The summed E-state index contributed by atoms with van der Waals surface area (Å²) in [4.78, 5) is 29.2. The summed E-state index contributed by atoms with van der Waals surface area (Å²) in [6.07, 6.45) is 3.41. The van der Waals surface area contributed by atoms with Crippen LogP contribution in [0.25, 0.3) is 0 Å². The van der Waals surface area contributed by atoms with E-state index in [9.17, 15) is 9.59 Å². The summed E-state index contributed by atoms with van der Waals surface area (Å²) >= 11 is 0. The van der Waals surface area contributed by atoms with Gasteiger partial charge in [0.05, 0.1) is 37.5 Å². The van der Waals surface area contributed by atoms with E-state index >= 15 is 0 Å². The van der Waals surface area contributed by atoms with Crippen LogP contribution in [0.15, 0.2) is 0 Å². The quantitative estimate of drug-likeness (QED) is 0.609. The maximum atomic E-state index is 12.9. The van der Waals surface area contributed by atoms with Crippen LogP contribution in [0.4, 0.5) is 9.59 Å². The van der Waals surface area contributed by atoms with Crippen LogP contribution in [0.1, 0.15) is 81.1 Å². The summed E-state index contributed by atoms with van der Waals surface area (Å²) in [6, 6.07) is 0. The largest absolute Gasteiger partial charge is 0.449 e. The number of hydrogen-bond donors (Lipinski definition) is 0. The van der Waals surface area contributed by atoms with Gasteiger partial charge in [-0.25, -0.2) is 9.59 Å². The van der Waals surface area contributed by atoms with Crippen molar-refractivity contribution >= 4 is 12.2 Å². The van der Waals surface area contributed by atoms with Crippen LogP contribution in [-0.4, -0.2) is 70.9 Å². The first-order chi connectivity index (χ1) is 14.7. The maximum absolute atomic E-state index is 12.9. The van der Waals surface area contributed by atoms with Crippen LogP contribution in [0.2, 0.25) is 0 Å². The molecule has 8 nitrogen and oxygen atoms in total. The molecule has 3 rings (SSSR count). The van der Waals surface area contributed by atoms with Crippen LogP contribution in [-0.2, 0) is 18.9 Å². The van der Waals surface area contributed by atoms with Crippen LogP contribution < -0.4 is 0 Å². The van der Waals surface area contributed by atoms with E-state index in [1.54, 1.807) is 9.80 Å². The second-order valence-corrected chi connectivity index (χ2v) is 11.7. The smallest absolute Gasteiger partial charge is 0.412 e. The molecule has 2 atom stereocenters. The molecule has 0 spiro atoms. The Labute approximate surface area is 192 Å². The zero-order chi connectivity index (χ0) is 23.9. The molecule has 3 aliphatic rings. The van der Waals surface area contributed by atoms with Gasteiger partial charge in [0.2, 0.25) is 0 Å². The Morgan fingerprint density at radius 3 is 1.34 bits per heavy atom. The van der Waals surface area contributed by atoms with Gasteiger partial charge in [-0.05, 0) is 80.1 Å². The van der Waals surface area contributed by atoms with Crippen molar-refractivity contribution < 1.29 is 28.5 Å². The molecule has 8 heteroatoms. The fourth-order valence-corrected chi connectivity index (χ4v) is 5.57. The standard InChI is InChI=1S/C24H42N2O6/c1-21(2)15-31-23(5,6)25(21)19(27)29-13-17-11-9-10-12-18(17)14-30-20(28)26-22(3,4)16-32-24(26,7)8/h17-18H,9-16H2,1-8H3/t17-,18+. The van der Waals surface area contributed by atoms with Crippen molar-refractivity contribution in [3.05, 3.63) is 0 Å². The summed E-state index contributed by atoms with van der Waals surface area (Å²) in [6.45, 7) is 17.1. The molecule has 2 saturated heterocycles. The first-order valence-corrected chi connectivity index (χ1v) is 11.9. The number of carbonyl (C=O) groups is 2. The molecule has 0 aromatic carbocycles. The average molecular weight is 455 g/mol. The molecule has 2 aliphatic heterocycles. The molecule has 0 N–H and O–H groups in total. The van der Waals surface area contributed by atoms with Crippen molar-refractivity contribution in [2.75, 3.05) is 26.4 Å². The Balaban J connectivity index is 1.57. The lowest BCUT2D eigenvalue weighted by Gasteiger charge is -2.38. The summed E-state index contributed by atoms with van der Waals surface area (Å²) < 4.78 is 23.2. The number of amides is 2. The minimum Gasteiger partial charge on any atom is -0.449 e. The number of hydrogen-bond acceptors (Lipinski definition) is 6. The van der Waals surface area contributed by atoms with Gasteiger partial charge in [0.25, 0.3) is 0 Å². The summed E-state index contributed by atoms with van der Waals surface area (Å²) in [5.41, 5.74) is -2.22. The predicted molar refractivity (Wildman–Crippen MR) is 120 cm³/mol. The lowest BCUT2D eigenvalue weighted by Crippen LogP contribution is -2.53. The second kappa shape index (κ2) is 8.67. The molecule has 1 aliphatic carbocycles. The van der Waals surface area contributed by atoms with Crippen molar-refractivity contribution in [3.63, 3.8) is 0 Å². The average Bonchev–Trinajstić information content (AvgIpc) is 3.04. The number of ether oxygens (including phenoxy) is 4. The first kappa shape index (κ1) is 25.1. The fraction of sp³-hybridized carbons (Fsp3) is 0.917. The summed E-state index contributed by atoms with van der Waals surface area (Å²) in [5.74, 6) is 0.345. The minimum atomic E-state index is -0.695. The summed E-state index contributed by atoms with van der Waals surface area (Å²) in [5, 5.41) is 0. The monoisotopic (exact) mass is 454 g/mol. The van der Waals surface area contributed by atoms with E-state index < -0.39 is 22.5 Å². The third-order valence-corrected chi connectivity index (χ3v) is 7.12. The zero-order valence-corrected chi connectivity index (χ0v) is 21.2. The van der Waals surface area contributed by atoms with E-state index in [4.69, 9.17) is 18.9 Å². The molecule has 2 amide bonds. The molecule has 32 heavy (non-hydrogen) atoms. The van der Waals surface area contributed by atoms with Crippen molar-refractivity contribution in [1.82, 2.24) is 9.80 Å². The Morgan fingerprint density at radius 1 is 0.719 bits per heavy atom. The normalized spacial score (nSPS) is 30.2. The molecule has 3 fully saturated rings. The highest BCUT2D eigenvalue weighted by Crippen LogP contribution is 2.37. The van der Waals surface area contributed by atoms with Crippen molar-refractivity contribution in [1.29, 1.82) is 0 Å². The van der Waals surface area contributed by atoms with E-state index in [0.29, 0.717) is 26.4 Å². The molecule has 1 saturated carbocycles. The highest BCUT2D eigenvalue weighted by Gasteiger charge is 2.51. The van der Waals surface area contributed by atoms with Gasteiger partial charge in [0, 0.05) is 0 Å².